The number of nitro groups is 1. The van der Waals surface area contributed by atoms with Crippen LogP contribution in [0.25, 0.3) is 27.4 Å². The van der Waals surface area contributed by atoms with Crippen molar-refractivity contribution in [3.8, 4) is 17.3 Å². The number of ether oxygens (including phenoxy) is 1. The topological polar surface area (TPSA) is 109 Å². The number of aromatic nitrogens is 4. The summed E-state index contributed by atoms with van der Waals surface area (Å²) in [6.45, 7) is 0.182. The molecule has 0 radical (unpaired) electrons. The summed E-state index contributed by atoms with van der Waals surface area (Å²) in [5.74, 6) is 2.09. The molecule has 10 heteroatoms. The fourth-order valence-corrected chi connectivity index (χ4v) is 3.49. The quantitative estimate of drug-likeness (QED) is 0.327. The van der Waals surface area contributed by atoms with E-state index in [1.165, 1.54) is 12.1 Å². The number of nitro benzene ring substituents is 1. The van der Waals surface area contributed by atoms with Crippen LogP contribution < -0.4 is 4.74 Å². The number of furan rings is 1. The highest BCUT2D eigenvalue weighted by molar-refractivity contribution is 7.16. The summed E-state index contributed by atoms with van der Waals surface area (Å²) in [5.41, 5.74) is 0.737. The molecule has 0 amide bonds. The molecule has 0 N–H and O–H groups in total. The maximum atomic E-state index is 10.7. The molecule has 0 aliphatic carbocycles. The molecular formula is C18H11N5O4S. The van der Waals surface area contributed by atoms with Gasteiger partial charge >= 0.3 is 0 Å². The third-order valence-corrected chi connectivity index (χ3v) is 4.93. The SMILES string of the molecule is O=[N+]([O-])c1ccc(OCc2ccc(-c3nc4c5ccsc5ncn4n3)o2)cc1. The van der Waals surface area contributed by atoms with Crippen molar-refractivity contribution in [1.82, 2.24) is 19.6 Å². The summed E-state index contributed by atoms with van der Waals surface area (Å²) in [4.78, 5) is 20.0. The maximum absolute atomic E-state index is 10.7. The lowest BCUT2D eigenvalue weighted by Crippen LogP contribution is -1.94. The number of hydrogen-bond acceptors (Lipinski definition) is 8. The van der Waals surface area contributed by atoms with E-state index in [1.54, 1.807) is 46.4 Å². The van der Waals surface area contributed by atoms with E-state index in [-0.39, 0.29) is 12.3 Å². The normalized spacial score (nSPS) is 11.3. The first kappa shape index (κ1) is 16.4. The molecule has 0 aliphatic rings. The van der Waals surface area contributed by atoms with Gasteiger partial charge < -0.3 is 9.15 Å². The number of nitrogens with zero attached hydrogens (tertiary/aromatic N) is 5. The summed E-state index contributed by atoms with van der Waals surface area (Å²) >= 11 is 1.55. The van der Waals surface area contributed by atoms with Gasteiger partial charge in [-0.2, -0.15) is 0 Å². The van der Waals surface area contributed by atoms with Gasteiger partial charge in [0.15, 0.2) is 11.4 Å². The van der Waals surface area contributed by atoms with Crippen molar-refractivity contribution in [1.29, 1.82) is 0 Å². The monoisotopic (exact) mass is 393 g/mol. The van der Waals surface area contributed by atoms with Gasteiger partial charge in [0.1, 0.15) is 29.3 Å². The zero-order valence-corrected chi connectivity index (χ0v) is 15.0. The van der Waals surface area contributed by atoms with Crippen LogP contribution in [0.2, 0.25) is 0 Å². The van der Waals surface area contributed by atoms with Gasteiger partial charge in [0.2, 0.25) is 5.82 Å². The number of rotatable bonds is 5. The Hall–Kier alpha value is -3.79. The van der Waals surface area contributed by atoms with Crippen LogP contribution in [0.1, 0.15) is 5.76 Å². The van der Waals surface area contributed by atoms with Gasteiger partial charge in [0, 0.05) is 12.1 Å². The average molecular weight is 393 g/mol. The third-order valence-electron chi connectivity index (χ3n) is 4.11. The molecule has 0 aliphatic heterocycles. The molecule has 0 saturated heterocycles. The smallest absolute Gasteiger partial charge is 0.269 e. The molecule has 0 saturated carbocycles. The van der Waals surface area contributed by atoms with E-state index in [2.05, 4.69) is 15.1 Å². The van der Waals surface area contributed by atoms with Crippen LogP contribution in [-0.2, 0) is 6.61 Å². The van der Waals surface area contributed by atoms with Gasteiger partial charge in [0.25, 0.3) is 5.69 Å². The minimum Gasteiger partial charge on any atom is -0.486 e. The van der Waals surface area contributed by atoms with E-state index >= 15 is 0 Å². The van der Waals surface area contributed by atoms with Gasteiger partial charge in [-0.25, -0.2) is 14.5 Å². The minimum atomic E-state index is -0.455. The molecule has 0 fully saturated rings. The first-order valence-electron chi connectivity index (χ1n) is 8.22. The average Bonchev–Trinajstić information content (AvgIpc) is 3.44. The fourth-order valence-electron chi connectivity index (χ4n) is 2.76. The first-order valence-corrected chi connectivity index (χ1v) is 9.10. The number of non-ortho nitro benzene ring substituents is 1. The van der Waals surface area contributed by atoms with Crippen LogP contribution in [0.15, 0.2) is 58.6 Å². The number of benzene rings is 1. The van der Waals surface area contributed by atoms with Crippen molar-refractivity contribution in [3.63, 3.8) is 0 Å². The predicted molar refractivity (Wildman–Crippen MR) is 101 cm³/mol. The highest BCUT2D eigenvalue weighted by Gasteiger charge is 2.14. The molecular weight excluding hydrogens is 382 g/mol. The van der Waals surface area contributed by atoms with E-state index < -0.39 is 4.92 Å². The Kier molecular flexibility index (Phi) is 3.76. The molecule has 4 heterocycles. The van der Waals surface area contributed by atoms with Crippen molar-refractivity contribution >= 4 is 32.9 Å². The first-order chi connectivity index (χ1) is 13.7. The van der Waals surface area contributed by atoms with Crippen LogP contribution in [0.4, 0.5) is 5.69 Å². The van der Waals surface area contributed by atoms with E-state index in [0.717, 1.165) is 15.9 Å². The lowest BCUT2D eigenvalue weighted by atomic mass is 10.3. The highest BCUT2D eigenvalue weighted by Crippen LogP contribution is 2.26. The van der Waals surface area contributed by atoms with E-state index in [1.807, 2.05) is 11.4 Å². The molecule has 138 valence electrons. The van der Waals surface area contributed by atoms with Gasteiger partial charge in [-0.05, 0) is 35.7 Å². The summed E-state index contributed by atoms with van der Waals surface area (Å²) in [7, 11) is 0. The maximum Gasteiger partial charge on any atom is 0.269 e. The molecule has 4 aromatic heterocycles. The van der Waals surface area contributed by atoms with Gasteiger partial charge in [-0.15, -0.1) is 16.4 Å². The number of hydrogen-bond donors (Lipinski definition) is 0. The van der Waals surface area contributed by atoms with Crippen LogP contribution in [0, 0.1) is 10.1 Å². The summed E-state index contributed by atoms with van der Waals surface area (Å²) in [6, 6.07) is 11.4. The lowest BCUT2D eigenvalue weighted by Gasteiger charge is -2.03. The van der Waals surface area contributed by atoms with Gasteiger partial charge in [-0.1, -0.05) is 0 Å². The highest BCUT2D eigenvalue weighted by atomic mass is 32.1. The van der Waals surface area contributed by atoms with Crippen LogP contribution in [0.5, 0.6) is 5.75 Å². The zero-order valence-electron chi connectivity index (χ0n) is 14.2. The van der Waals surface area contributed by atoms with Crippen LogP contribution in [-0.4, -0.2) is 24.5 Å². The molecule has 5 rings (SSSR count). The third kappa shape index (κ3) is 2.85. The number of fused-ring (bicyclic) bond motifs is 3. The molecule has 0 spiro atoms. The Morgan fingerprint density at radius 3 is 2.86 bits per heavy atom. The van der Waals surface area contributed by atoms with E-state index in [9.17, 15) is 10.1 Å². The van der Waals surface area contributed by atoms with Crippen molar-refractivity contribution in [3.05, 3.63) is 70.0 Å². The van der Waals surface area contributed by atoms with E-state index in [0.29, 0.717) is 23.1 Å². The van der Waals surface area contributed by atoms with Gasteiger partial charge in [-0.3, -0.25) is 10.1 Å². The second-order valence-corrected chi connectivity index (χ2v) is 6.79. The molecule has 9 nitrogen and oxygen atoms in total. The lowest BCUT2D eigenvalue weighted by molar-refractivity contribution is -0.384. The summed E-state index contributed by atoms with van der Waals surface area (Å²) in [5, 5.41) is 18.0. The molecule has 0 bridgehead atoms. The van der Waals surface area contributed by atoms with Crippen molar-refractivity contribution in [2.75, 3.05) is 0 Å². The zero-order chi connectivity index (χ0) is 19.1. The Morgan fingerprint density at radius 2 is 2.04 bits per heavy atom. The molecule has 0 atom stereocenters. The molecule has 5 aromatic rings. The Labute approximate surface area is 161 Å². The minimum absolute atomic E-state index is 0.0137. The van der Waals surface area contributed by atoms with E-state index in [4.69, 9.17) is 9.15 Å². The van der Waals surface area contributed by atoms with Crippen molar-refractivity contribution < 1.29 is 14.1 Å². The van der Waals surface area contributed by atoms with Crippen molar-refractivity contribution in [2.45, 2.75) is 6.61 Å². The molecule has 0 unspecified atom stereocenters. The molecule has 1 aromatic carbocycles. The molecule has 28 heavy (non-hydrogen) atoms. The number of thiophene rings is 1. The second kappa shape index (κ2) is 6.43. The Morgan fingerprint density at radius 1 is 1.18 bits per heavy atom. The summed E-state index contributed by atoms with van der Waals surface area (Å²) < 4.78 is 13.0. The second-order valence-electron chi connectivity index (χ2n) is 5.89. The van der Waals surface area contributed by atoms with Crippen LogP contribution >= 0.6 is 11.3 Å². The predicted octanol–water partition coefficient (Wildman–Crippen LogP) is 4.09. The fraction of sp³-hybridized carbons (Fsp3) is 0.0556. The summed E-state index contributed by atoms with van der Waals surface area (Å²) in [6.07, 6.45) is 1.63. The van der Waals surface area contributed by atoms with Crippen molar-refractivity contribution in [2.24, 2.45) is 0 Å². The van der Waals surface area contributed by atoms with Crippen LogP contribution in [0.3, 0.4) is 0 Å². The Balaban J connectivity index is 1.35. The largest absolute Gasteiger partial charge is 0.486 e. The Bertz CT molecular complexity index is 1300. The van der Waals surface area contributed by atoms with Gasteiger partial charge in [0.05, 0.1) is 10.3 Å². The standard InChI is InChI=1S/C18H11N5O4S/c24-23(25)11-1-3-12(4-2-11)26-9-13-5-6-15(27-13)16-20-17-14-7-8-28-18(14)19-10-22(17)21-16/h1-8,10H,9H2.